The van der Waals surface area contributed by atoms with Crippen molar-refractivity contribution in [1.82, 2.24) is 9.80 Å². The average molecular weight is 449 g/mol. The highest BCUT2D eigenvalue weighted by Crippen LogP contribution is 2.40. The fourth-order valence-corrected chi connectivity index (χ4v) is 4.55. The van der Waals surface area contributed by atoms with Crippen LogP contribution >= 0.6 is 0 Å². The van der Waals surface area contributed by atoms with E-state index < -0.39 is 17.7 Å². The summed E-state index contributed by atoms with van der Waals surface area (Å²) in [6.45, 7) is 7.24. The third kappa shape index (κ3) is 4.40. The number of amides is 1. The largest absolute Gasteiger partial charge is 0.507 e. The van der Waals surface area contributed by atoms with E-state index in [2.05, 4.69) is 13.8 Å². The molecule has 1 N–H and O–H groups in total. The molecule has 0 bridgehead atoms. The first kappa shape index (κ1) is 23.1. The maximum absolute atomic E-state index is 13.2. The molecule has 2 aliphatic heterocycles. The molecule has 2 aromatic carbocycles. The zero-order valence-electron chi connectivity index (χ0n) is 20.0. The quantitative estimate of drug-likeness (QED) is 0.409. The number of carbonyl (C=O) groups is 2. The van der Waals surface area contributed by atoms with Crippen LogP contribution in [-0.4, -0.2) is 59.9 Å². The molecule has 4 rings (SSSR count). The highest BCUT2D eigenvalue weighted by Gasteiger charge is 2.46. The summed E-state index contributed by atoms with van der Waals surface area (Å²) in [5.41, 5.74) is 3.66. The smallest absolute Gasteiger partial charge is 0.295 e. The first-order valence-corrected chi connectivity index (χ1v) is 11.5. The third-order valence-electron chi connectivity index (χ3n) is 6.42. The minimum absolute atomic E-state index is 0.0773. The average Bonchev–Trinajstić information content (AvgIpc) is 3.27. The fourth-order valence-electron chi connectivity index (χ4n) is 4.55. The molecule has 2 heterocycles. The third-order valence-corrected chi connectivity index (χ3v) is 6.42. The van der Waals surface area contributed by atoms with E-state index in [4.69, 9.17) is 4.74 Å². The Hall–Kier alpha value is -3.12. The summed E-state index contributed by atoms with van der Waals surface area (Å²) < 4.78 is 5.77. The fraction of sp³-hybridized carbons (Fsp3) is 0.407. The van der Waals surface area contributed by atoms with Gasteiger partial charge in [-0.3, -0.25) is 9.59 Å². The molecule has 1 amide bonds. The summed E-state index contributed by atoms with van der Waals surface area (Å²) in [6, 6.07) is 12.8. The molecule has 2 aromatic rings. The molecule has 0 radical (unpaired) electrons. The van der Waals surface area contributed by atoms with Crippen molar-refractivity contribution in [2.24, 2.45) is 0 Å². The number of likely N-dealkylation sites (tertiary alicyclic amines) is 1. The molecular weight excluding hydrogens is 416 g/mol. The highest BCUT2D eigenvalue weighted by molar-refractivity contribution is 6.46. The van der Waals surface area contributed by atoms with E-state index in [1.165, 1.54) is 5.56 Å². The SMILES string of the molecule is CC(C)c1ccc([C@H]2/C(=C(\O)c3ccc4c(c3)C[C@@H](C)O4)C(=O)C(=O)N2CCN(C)C)cc1. The zero-order valence-corrected chi connectivity index (χ0v) is 20.0. The molecule has 2 atom stereocenters. The maximum atomic E-state index is 13.2. The standard InChI is InChI=1S/C27H32N2O4/c1-16(2)18-6-8-19(9-7-18)24-23(26(31)27(32)29(24)13-12-28(4)5)25(30)20-10-11-22-21(15-20)14-17(3)33-22/h6-11,15-17,24,30H,12-14H2,1-5H3/b25-23+/t17-,24+/m1/s1. The molecule has 1 saturated heterocycles. The minimum atomic E-state index is -0.644. The number of ether oxygens (including phenoxy) is 1. The van der Waals surface area contributed by atoms with Crippen LogP contribution in [0.25, 0.3) is 5.76 Å². The minimum Gasteiger partial charge on any atom is -0.507 e. The van der Waals surface area contributed by atoms with E-state index in [-0.39, 0.29) is 17.4 Å². The summed E-state index contributed by atoms with van der Waals surface area (Å²) in [7, 11) is 3.85. The summed E-state index contributed by atoms with van der Waals surface area (Å²) >= 11 is 0. The Bertz CT molecular complexity index is 1100. The number of carbonyl (C=O) groups excluding carboxylic acids is 2. The van der Waals surface area contributed by atoms with Crippen molar-refractivity contribution in [2.45, 2.75) is 45.3 Å². The van der Waals surface area contributed by atoms with E-state index in [1.54, 1.807) is 11.0 Å². The van der Waals surface area contributed by atoms with Crippen LogP contribution in [-0.2, 0) is 16.0 Å². The second-order valence-corrected chi connectivity index (χ2v) is 9.57. The lowest BCUT2D eigenvalue weighted by Crippen LogP contribution is -2.35. The van der Waals surface area contributed by atoms with Gasteiger partial charge < -0.3 is 19.6 Å². The lowest BCUT2D eigenvalue weighted by atomic mass is 9.92. The zero-order chi connectivity index (χ0) is 23.9. The topological polar surface area (TPSA) is 70.1 Å². The number of benzene rings is 2. The Kier molecular flexibility index (Phi) is 6.30. The number of Topliss-reactive ketones (excluding diaryl/α,β-unsaturated/α-hetero) is 1. The van der Waals surface area contributed by atoms with E-state index >= 15 is 0 Å². The summed E-state index contributed by atoms with van der Waals surface area (Å²) in [6.07, 6.45) is 0.821. The van der Waals surface area contributed by atoms with Crippen LogP contribution in [0, 0.1) is 0 Å². The number of fused-ring (bicyclic) bond motifs is 1. The Morgan fingerprint density at radius 2 is 1.85 bits per heavy atom. The van der Waals surface area contributed by atoms with Gasteiger partial charge in [-0.25, -0.2) is 0 Å². The molecule has 0 spiro atoms. The summed E-state index contributed by atoms with van der Waals surface area (Å²) in [5, 5.41) is 11.3. The summed E-state index contributed by atoms with van der Waals surface area (Å²) in [4.78, 5) is 29.8. The number of hydrogen-bond acceptors (Lipinski definition) is 5. The Morgan fingerprint density at radius 3 is 2.48 bits per heavy atom. The molecule has 6 heteroatoms. The second-order valence-electron chi connectivity index (χ2n) is 9.57. The van der Waals surface area contributed by atoms with Gasteiger partial charge in [0.05, 0.1) is 11.6 Å². The van der Waals surface area contributed by atoms with Gasteiger partial charge in [0.2, 0.25) is 0 Å². The second kappa shape index (κ2) is 9.02. The van der Waals surface area contributed by atoms with Gasteiger partial charge in [-0.2, -0.15) is 0 Å². The van der Waals surface area contributed by atoms with Gasteiger partial charge in [-0.05, 0) is 61.8 Å². The van der Waals surface area contributed by atoms with Crippen molar-refractivity contribution >= 4 is 17.4 Å². The van der Waals surface area contributed by atoms with Crippen molar-refractivity contribution in [2.75, 3.05) is 27.2 Å². The van der Waals surface area contributed by atoms with Gasteiger partial charge in [0, 0.05) is 25.1 Å². The molecular formula is C27H32N2O4. The number of nitrogens with zero attached hydrogens (tertiary/aromatic N) is 2. The molecule has 33 heavy (non-hydrogen) atoms. The predicted octanol–water partition coefficient (Wildman–Crippen LogP) is 4.12. The number of ketones is 1. The molecule has 0 aromatic heterocycles. The van der Waals surface area contributed by atoms with Gasteiger partial charge >= 0.3 is 0 Å². The molecule has 2 aliphatic rings. The molecule has 6 nitrogen and oxygen atoms in total. The Labute approximate surface area is 195 Å². The van der Waals surface area contributed by atoms with Gasteiger partial charge in [-0.15, -0.1) is 0 Å². The van der Waals surface area contributed by atoms with Crippen LogP contribution in [0.3, 0.4) is 0 Å². The molecule has 1 fully saturated rings. The Morgan fingerprint density at radius 1 is 1.15 bits per heavy atom. The Balaban J connectivity index is 1.80. The summed E-state index contributed by atoms with van der Waals surface area (Å²) in [5.74, 6) is -0.189. The van der Waals surface area contributed by atoms with Crippen LogP contribution in [0.15, 0.2) is 48.0 Å². The predicted molar refractivity (Wildman–Crippen MR) is 128 cm³/mol. The van der Waals surface area contributed by atoms with Crippen molar-refractivity contribution in [3.8, 4) is 5.75 Å². The number of aliphatic hydroxyl groups excluding tert-OH is 1. The number of likely N-dealkylation sites (N-methyl/N-ethyl adjacent to an activating group) is 1. The van der Waals surface area contributed by atoms with Crippen molar-refractivity contribution in [1.29, 1.82) is 0 Å². The number of rotatable bonds is 6. The van der Waals surface area contributed by atoms with Gasteiger partial charge in [0.25, 0.3) is 11.7 Å². The van der Waals surface area contributed by atoms with E-state index in [0.717, 1.165) is 23.3 Å². The van der Waals surface area contributed by atoms with E-state index in [9.17, 15) is 14.7 Å². The lowest BCUT2D eigenvalue weighted by molar-refractivity contribution is -0.140. The maximum Gasteiger partial charge on any atom is 0.295 e. The van der Waals surface area contributed by atoms with Gasteiger partial charge in [-0.1, -0.05) is 38.1 Å². The van der Waals surface area contributed by atoms with Crippen molar-refractivity contribution < 1.29 is 19.4 Å². The van der Waals surface area contributed by atoms with Crippen molar-refractivity contribution in [3.63, 3.8) is 0 Å². The van der Waals surface area contributed by atoms with Crippen LogP contribution in [0.4, 0.5) is 0 Å². The monoisotopic (exact) mass is 448 g/mol. The van der Waals surface area contributed by atoms with Gasteiger partial charge in [0.1, 0.15) is 17.6 Å². The van der Waals surface area contributed by atoms with Crippen molar-refractivity contribution in [3.05, 3.63) is 70.3 Å². The number of hydrogen-bond donors (Lipinski definition) is 1. The molecule has 174 valence electrons. The normalized spacial score (nSPS) is 21.7. The van der Waals surface area contributed by atoms with E-state index in [1.807, 2.05) is 62.3 Å². The van der Waals surface area contributed by atoms with Crippen LogP contribution < -0.4 is 4.74 Å². The first-order chi connectivity index (χ1) is 15.7. The lowest BCUT2D eigenvalue weighted by Gasteiger charge is -2.27. The molecule has 0 unspecified atom stereocenters. The van der Waals surface area contributed by atoms with E-state index in [0.29, 0.717) is 24.6 Å². The van der Waals surface area contributed by atoms with Crippen LogP contribution in [0.2, 0.25) is 0 Å². The highest BCUT2D eigenvalue weighted by atomic mass is 16.5. The van der Waals surface area contributed by atoms with Crippen LogP contribution in [0.5, 0.6) is 5.75 Å². The molecule has 0 saturated carbocycles. The van der Waals surface area contributed by atoms with Crippen LogP contribution in [0.1, 0.15) is 55.0 Å². The molecule has 0 aliphatic carbocycles. The first-order valence-electron chi connectivity index (χ1n) is 11.5. The van der Waals surface area contributed by atoms with Gasteiger partial charge in [0.15, 0.2) is 0 Å². The number of aliphatic hydroxyl groups is 1.